The maximum atomic E-state index is 12.6. The summed E-state index contributed by atoms with van der Waals surface area (Å²) in [5.41, 5.74) is 0.0433. The maximum absolute atomic E-state index is 12.6. The van der Waals surface area contributed by atoms with Gasteiger partial charge in [0.05, 0.1) is 5.56 Å². The summed E-state index contributed by atoms with van der Waals surface area (Å²) in [6, 6.07) is 5.33. The molecular weight excluding hydrogens is 267 g/mol. The SMILES string of the molecule is CC(NCCCCCCO)c1cccc(C(F)(F)F)c1. The highest BCUT2D eigenvalue weighted by atomic mass is 19.4. The Bertz CT molecular complexity index is 393. The zero-order valence-electron chi connectivity index (χ0n) is 11.7. The molecule has 0 spiro atoms. The van der Waals surface area contributed by atoms with E-state index in [0.29, 0.717) is 5.56 Å². The first-order valence-corrected chi connectivity index (χ1v) is 6.96. The van der Waals surface area contributed by atoms with Gasteiger partial charge in [-0.3, -0.25) is 0 Å². The number of alkyl halides is 3. The second-order valence-electron chi connectivity index (χ2n) is 4.94. The predicted molar refractivity (Wildman–Crippen MR) is 73.4 cm³/mol. The van der Waals surface area contributed by atoms with Gasteiger partial charge in [0, 0.05) is 12.6 Å². The molecule has 1 unspecified atom stereocenters. The van der Waals surface area contributed by atoms with Crippen molar-refractivity contribution in [2.75, 3.05) is 13.2 Å². The number of nitrogens with one attached hydrogen (secondary N) is 1. The maximum Gasteiger partial charge on any atom is 0.416 e. The molecule has 1 aromatic carbocycles. The quantitative estimate of drug-likeness (QED) is 0.711. The molecule has 1 atom stereocenters. The van der Waals surface area contributed by atoms with Crippen LogP contribution in [0.1, 0.15) is 49.8 Å². The van der Waals surface area contributed by atoms with Crippen molar-refractivity contribution in [2.45, 2.75) is 44.8 Å². The summed E-state index contributed by atoms with van der Waals surface area (Å²) < 4.78 is 37.8. The van der Waals surface area contributed by atoms with E-state index in [4.69, 9.17) is 5.11 Å². The monoisotopic (exact) mass is 289 g/mol. The lowest BCUT2D eigenvalue weighted by atomic mass is 10.0. The van der Waals surface area contributed by atoms with E-state index in [9.17, 15) is 13.2 Å². The van der Waals surface area contributed by atoms with Gasteiger partial charge < -0.3 is 10.4 Å². The average Bonchev–Trinajstić information content (AvgIpc) is 2.41. The topological polar surface area (TPSA) is 32.3 Å². The van der Waals surface area contributed by atoms with Crippen molar-refractivity contribution in [1.29, 1.82) is 0 Å². The van der Waals surface area contributed by atoms with Crippen LogP contribution < -0.4 is 5.32 Å². The first-order valence-electron chi connectivity index (χ1n) is 6.96. The van der Waals surface area contributed by atoms with E-state index >= 15 is 0 Å². The Hall–Kier alpha value is -1.07. The van der Waals surface area contributed by atoms with Gasteiger partial charge in [0.1, 0.15) is 0 Å². The minimum atomic E-state index is -4.29. The summed E-state index contributed by atoms with van der Waals surface area (Å²) in [5.74, 6) is 0. The van der Waals surface area contributed by atoms with Crippen molar-refractivity contribution in [3.05, 3.63) is 35.4 Å². The van der Waals surface area contributed by atoms with E-state index in [1.165, 1.54) is 12.1 Å². The van der Waals surface area contributed by atoms with Crippen LogP contribution in [0.5, 0.6) is 0 Å². The van der Waals surface area contributed by atoms with Crippen LogP contribution in [-0.4, -0.2) is 18.3 Å². The molecule has 20 heavy (non-hydrogen) atoms. The molecule has 0 aliphatic rings. The molecule has 1 aromatic rings. The normalized spacial score (nSPS) is 13.4. The number of aliphatic hydroxyl groups excluding tert-OH is 1. The van der Waals surface area contributed by atoms with Gasteiger partial charge in [-0.2, -0.15) is 13.2 Å². The summed E-state index contributed by atoms with van der Waals surface area (Å²) in [5, 5.41) is 11.9. The van der Waals surface area contributed by atoms with Crippen molar-refractivity contribution in [1.82, 2.24) is 5.32 Å². The van der Waals surface area contributed by atoms with Gasteiger partial charge in [-0.05, 0) is 44.0 Å². The minimum Gasteiger partial charge on any atom is -0.396 e. The molecule has 0 saturated carbocycles. The van der Waals surface area contributed by atoms with Crippen LogP contribution in [0.25, 0.3) is 0 Å². The standard InChI is InChI=1S/C15H22F3NO/c1-12(19-9-4-2-3-5-10-20)13-7-6-8-14(11-13)15(16,17)18/h6-8,11-12,19-20H,2-5,9-10H2,1H3. The smallest absolute Gasteiger partial charge is 0.396 e. The van der Waals surface area contributed by atoms with Crippen LogP contribution in [0.4, 0.5) is 13.2 Å². The van der Waals surface area contributed by atoms with Crippen molar-refractivity contribution in [3.63, 3.8) is 0 Å². The second-order valence-corrected chi connectivity index (χ2v) is 4.94. The fraction of sp³-hybridized carbons (Fsp3) is 0.600. The van der Waals surface area contributed by atoms with E-state index in [-0.39, 0.29) is 12.6 Å². The number of benzene rings is 1. The van der Waals surface area contributed by atoms with Crippen LogP contribution in [0.15, 0.2) is 24.3 Å². The van der Waals surface area contributed by atoms with Crippen LogP contribution in [-0.2, 0) is 6.18 Å². The van der Waals surface area contributed by atoms with Gasteiger partial charge in [0.2, 0.25) is 0 Å². The number of unbranched alkanes of at least 4 members (excludes halogenated alkanes) is 3. The zero-order chi connectivity index (χ0) is 15.0. The average molecular weight is 289 g/mol. The van der Waals surface area contributed by atoms with E-state index in [2.05, 4.69) is 5.32 Å². The molecule has 0 bridgehead atoms. The van der Waals surface area contributed by atoms with E-state index < -0.39 is 11.7 Å². The van der Waals surface area contributed by atoms with Gasteiger partial charge in [-0.15, -0.1) is 0 Å². The highest BCUT2D eigenvalue weighted by molar-refractivity contribution is 5.27. The van der Waals surface area contributed by atoms with Crippen LogP contribution >= 0.6 is 0 Å². The molecule has 0 amide bonds. The van der Waals surface area contributed by atoms with Crippen LogP contribution in [0, 0.1) is 0 Å². The molecule has 0 saturated heterocycles. The van der Waals surface area contributed by atoms with E-state index in [1.807, 2.05) is 6.92 Å². The molecule has 0 aliphatic carbocycles. The van der Waals surface area contributed by atoms with Crippen molar-refractivity contribution < 1.29 is 18.3 Å². The van der Waals surface area contributed by atoms with Gasteiger partial charge >= 0.3 is 6.18 Å². The molecule has 5 heteroatoms. The Labute approximate surface area is 118 Å². The number of halogens is 3. The van der Waals surface area contributed by atoms with Gasteiger partial charge in [0.25, 0.3) is 0 Å². The molecule has 114 valence electrons. The summed E-state index contributed by atoms with van der Waals surface area (Å²) in [6.07, 6.45) is -0.522. The Morgan fingerprint density at radius 3 is 2.50 bits per heavy atom. The van der Waals surface area contributed by atoms with Crippen molar-refractivity contribution in [3.8, 4) is 0 Å². The van der Waals surface area contributed by atoms with Crippen molar-refractivity contribution >= 4 is 0 Å². The third-order valence-corrected chi connectivity index (χ3v) is 3.25. The lowest BCUT2D eigenvalue weighted by Crippen LogP contribution is -2.20. The summed E-state index contributed by atoms with van der Waals surface area (Å²) in [4.78, 5) is 0. The number of hydrogen-bond donors (Lipinski definition) is 2. The molecule has 2 nitrogen and oxygen atoms in total. The second kappa shape index (κ2) is 8.27. The third kappa shape index (κ3) is 5.92. The number of hydrogen-bond acceptors (Lipinski definition) is 2. The first-order chi connectivity index (χ1) is 9.45. The first kappa shape index (κ1) is 17.0. The highest BCUT2D eigenvalue weighted by Gasteiger charge is 2.30. The summed E-state index contributed by atoms with van der Waals surface area (Å²) in [6.45, 7) is 2.85. The fourth-order valence-electron chi connectivity index (χ4n) is 2.01. The summed E-state index contributed by atoms with van der Waals surface area (Å²) in [7, 11) is 0. The largest absolute Gasteiger partial charge is 0.416 e. The molecule has 0 radical (unpaired) electrons. The third-order valence-electron chi connectivity index (χ3n) is 3.25. The minimum absolute atomic E-state index is 0.102. The number of rotatable bonds is 8. The predicted octanol–water partition coefficient (Wildman–Crippen LogP) is 3.91. The van der Waals surface area contributed by atoms with Gasteiger partial charge in [0.15, 0.2) is 0 Å². The molecule has 0 aliphatic heterocycles. The molecule has 1 rings (SSSR count). The lowest BCUT2D eigenvalue weighted by Gasteiger charge is -2.16. The summed E-state index contributed by atoms with van der Waals surface area (Å²) >= 11 is 0. The Morgan fingerprint density at radius 2 is 1.85 bits per heavy atom. The fourth-order valence-corrected chi connectivity index (χ4v) is 2.01. The molecule has 2 N–H and O–H groups in total. The van der Waals surface area contributed by atoms with Gasteiger partial charge in [-0.25, -0.2) is 0 Å². The Morgan fingerprint density at radius 1 is 1.15 bits per heavy atom. The molecule has 0 fully saturated rings. The lowest BCUT2D eigenvalue weighted by molar-refractivity contribution is -0.137. The van der Waals surface area contributed by atoms with E-state index in [0.717, 1.165) is 38.3 Å². The van der Waals surface area contributed by atoms with Crippen molar-refractivity contribution in [2.24, 2.45) is 0 Å². The number of aliphatic hydroxyl groups is 1. The highest BCUT2D eigenvalue weighted by Crippen LogP contribution is 2.30. The Balaban J connectivity index is 2.41. The Kier molecular flexibility index (Phi) is 7.02. The van der Waals surface area contributed by atoms with Gasteiger partial charge in [-0.1, -0.05) is 25.0 Å². The van der Waals surface area contributed by atoms with Crippen LogP contribution in [0.3, 0.4) is 0 Å². The molecule has 0 aromatic heterocycles. The van der Waals surface area contributed by atoms with Crippen LogP contribution in [0.2, 0.25) is 0 Å². The molecular formula is C15H22F3NO. The molecule has 0 heterocycles. The van der Waals surface area contributed by atoms with E-state index in [1.54, 1.807) is 6.07 Å². The zero-order valence-corrected chi connectivity index (χ0v) is 11.7.